The fourth-order valence-corrected chi connectivity index (χ4v) is 0.855. The van der Waals surface area contributed by atoms with E-state index in [-0.39, 0.29) is 11.4 Å². The number of halogens is 1. The number of aryl methyl sites for hydroxylation is 1. The first-order valence-corrected chi connectivity index (χ1v) is 3.22. The summed E-state index contributed by atoms with van der Waals surface area (Å²) in [5, 5.41) is 7.01. The second kappa shape index (κ2) is 2.70. The van der Waals surface area contributed by atoms with Crippen LogP contribution in [-0.2, 0) is 0 Å². The van der Waals surface area contributed by atoms with E-state index in [0.717, 1.165) is 0 Å². The Hall–Kier alpha value is -1.38. The van der Waals surface area contributed by atoms with Crippen LogP contribution in [0.5, 0.6) is 0 Å². The van der Waals surface area contributed by atoms with Gasteiger partial charge < -0.3 is 5.73 Å². The molecule has 0 aliphatic rings. The normalized spacial score (nSPS) is 9.64. The van der Waals surface area contributed by atoms with Gasteiger partial charge in [-0.1, -0.05) is 12.1 Å². The largest absolute Gasteiger partial charge is 0.384 e. The zero-order valence-corrected chi connectivity index (χ0v) is 6.19. The molecular weight excluding hydrogens is 143 g/mol. The van der Waals surface area contributed by atoms with Crippen molar-refractivity contribution in [2.75, 3.05) is 0 Å². The van der Waals surface area contributed by atoms with E-state index < -0.39 is 5.82 Å². The standard InChI is InChI=1S/C8H9FN2/c1-5-3-2-4-6(7(5)9)8(10)11/h2-4H,1H3,(H3,10,11). The van der Waals surface area contributed by atoms with Crippen LogP contribution in [0.15, 0.2) is 18.2 Å². The molecule has 3 N–H and O–H groups in total. The van der Waals surface area contributed by atoms with Gasteiger partial charge in [0.05, 0.1) is 5.56 Å². The summed E-state index contributed by atoms with van der Waals surface area (Å²) in [6, 6.07) is 4.81. The van der Waals surface area contributed by atoms with Crippen LogP contribution >= 0.6 is 0 Å². The van der Waals surface area contributed by atoms with Crippen molar-refractivity contribution in [3.63, 3.8) is 0 Å². The molecule has 2 nitrogen and oxygen atoms in total. The van der Waals surface area contributed by atoms with E-state index in [4.69, 9.17) is 11.1 Å². The highest BCUT2D eigenvalue weighted by atomic mass is 19.1. The molecule has 0 saturated carbocycles. The van der Waals surface area contributed by atoms with Gasteiger partial charge in [-0.25, -0.2) is 4.39 Å². The number of hydrogen-bond donors (Lipinski definition) is 2. The van der Waals surface area contributed by atoms with Gasteiger partial charge in [-0.2, -0.15) is 0 Å². The third-order valence-corrected chi connectivity index (χ3v) is 1.48. The zero-order valence-electron chi connectivity index (χ0n) is 6.19. The number of benzene rings is 1. The van der Waals surface area contributed by atoms with E-state index in [2.05, 4.69) is 0 Å². The van der Waals surface area contributed by atoms with Crippen LogP contribution in [0.4, 0.5) is 4.39 Å². The first-order chi connectivity index (χ1) is 5.13. The average Bonchev–Trinajstić information content (AvgIpc) is 1.94. The lowest BCUT2D eigenvalue weighted by atomic mass is 10.1. The fraction of sp³-hybridized carbons (Fsp3) is 0.125. The molecule has 1 aromatic rings. The molecule has 11 heavy (non-hydrogen) atoms. The van der Waals surface area contributed by atoms with Gasteiger partial charge in [-0.15, -0.1) is 0 Å². The molecule has 0 bridgehead atoms. The molecule has 0 heterocycles. The van der Waals surface area contributed by atoms with Crippen molar-refractivity contribution in [3.05, 3.63) is 35.1 Å². The van der Waals surface area contributed by atoms with Crippen LogP contribution in [0.2, 0.25) is 0 Å². The van der Waals surface area contributed by atoms with E-state index in [1.54, 1.807) is 19.1 Å². The highest BCUT2D eigenvalue weighted by molar-refractivity contribution is 5.95. The highest BCUT2D eigenvalue weighted by Crippen LogP contribution is 2.10. The molecule has 0 saturated heterocycles. The van der Waals surface area contributed by atoms with E-state index in [1.165, 1.54) is 6.07 Å². The summed E-state index contributed by atoms with van der Waals surface area (Å²) < 4.78 is 13.0. The summed E-state index contributed by atoms with van der Waals surface area (Å²) in [7, 11) is 0. The maximum atomic E-state index is 13.0. The monoisotopic (exact) mass is 152 g/mol. The van der Waals surface area contributed by atoms with Crippen molar-refractivity contribution >= 4 is 5.84 Å². The van der Waals surface area contributed by atoms with Crippen molar-refractivity contribution in [2.24, 2.45) is 5.73 Å². The maximum absolute atomic E-state index is 13.0. The van der Waals surface area contributed by atoms with Gasteiger partial charge in [0.1, 0.15) is 11.7 Å². The molecule has 0 fully saturated rings. The summed E-state index contributed by atoms with van der Waals surface area (Å²) in [5.74, 6) is -0.633. The average molecular weight is 152 g/mol. The van der Waals surface area contributed by atoms with Gasteiger partial charge >= 0.3 is 0 Å². The van der Waals surface area contributed by atoms with Crippen molar-refractivity contribution in [3.8, 4) is 0 Å². The third kappa shape index (κ3) is 1.37. The lowest BCUT2D eigenvalue weighted by molar-refractivity contribution is 0.615. The summed E-state index contributed by atoms with van der Waals surface area (Å²) >= 11 is 0. The molecule has 0 radical (unpaired) electrons. The molecule has 1 rings (SSSR count). The Bertz CT molecular complexity index is 294. The summed E-state index contributed by atoms with van der Waals surface area (Å²) in [6.45, 7) is 1.64. The van der Waals surface area contributed by atoms with Gasteiger partial charge in [0.15, 0.2) is 0 Å². The van der Waals surface area contributed by atoms with Crippen LogP contribution < -0.4 is 5.73 Å². The molecule has 0 unspecified atom stereocenters. The number of hydrogen-bond acceptors (Lipinski definition) is 1. The molecule has 1 aromatic carbocycles. The second-order valence-electron chi connectivity index (χ2n) is 2.35. The molecule has 3 heteroatoms. The van der Waals surface area contributed by atoms with Crippen molar-refractivity contribution in [1.29, 1.82) is 5.41 Å². The molecule has 0 aliphatic heterocycles. The summed E-state index contributed by atoms with van der Waals surface area (Å²) in [4.78, 5) is 0. The van der Waals surface area contributed by atoms with Crippen LogP contribution in [-0.4, -0.2) is 5.84 Å². The van der Waals surface area contributed by atoms with Gasteiger partial charge in [-0.05, 0) is 18.6 Å². The smallest absolute Gasteiger partial charge is 0.137 e. The summed E-state index contributed by atoms with van der Waals surface area (Å²) in [6.07, 6.45) is 0. The van der Waals surface area contributed by atoms with Gasteiger partial charge in [0.2, 0.25) is 0 Å². The Labute approximate surface area is 64.4 Å². The molecular formula is C8H9FN2. The van der Waals surface area contributed by atoms with Crippen molar-refractivity contribution < 1.29 is 4.39 Å². The van der Waals surface area contributed by atoms with E-state index in [1.807, 2.05) is 0 Å². The number of amidine groups is 1. The Morgan fingerprint density at radius 2 is 2.18 bits per heavy atom. The Kier molecular flexibility index (Phi) is 1.89. The number of rotatable bonds is 1. The van der Waals surface area contributed by atoms with Crippen molar-refractivity contribution in [2.45, 2.75) is 6.92 Å². The predicted octanol–water partition coefficient (Wildman–Crippen LogP) is 1.42. The minimum absolute atomic E-state index is 0.171. The lowest BCUT2D eigenvalue weighted by Gasteiger charge is -2.01. The van der Waals surface area contributed by atoms with Crippen LogP contribution in [0.1, 0.15) is 11.1 Å². The maximum Gasteiger partial charge on any atom is 0.137 e. The predicted molar refractivity (Wildman–Crippen MR) is 42.2 cm³/mol. The molecule has 0 spiro atoms. The number of nitrogens with two attached hydrogens (primary N) is 1. The van der Waals surface area contributed by atoms with Gasteiger partial charge in [0.25, 0.3) is 0 Å². The van der Waals surface area contributed by atoms with Gasteiger partial charge in [0, 0.05) is 0 Å². The molecule has 58 valence electrons. The first kappa shape index (κ1) is 7.72. The molecule has 0 aliphatic carbocycles. The quantitative estimate of drug-likeness (QED) is 0.464. The molecule has 0 amide bonds. The summed E-state index contributed by atoms with van der Waals surface area (Å²) in [5.41, 5.74) is 5.81. The highest BCUT2D eigenvalue weighted by Gasteiger charge is 2.05. The zero-order chi connectivity index (χ0) is 8.43. The topological polar surface area (TPSA) is 49.9 Å². The van der Waals surface area contributed by atoms with E-state index in [0.29, 0.717) is 5.56 Å². The van der Waals surface area contributed by atoms with Gasteiger partial charge in [-0.3, -0.25) is 5.41 Å². The Balaban J connectivity index is 3.27. The van der Waals surface area contributed by atoms with Crippen LogP contribution in [0.25, 0.3) is 0 Å². The van der Waals surface area contributed by atoms with Crippen molar-refractivity contribution in [1.82, 2.24) is 0 Å². The minimum atomic E-state index is -0.403. The molecule has 0 aromatic heterocycles. The lowest BCUT2D eigenvalue weighted by Crippen LogP contribution is -2.13. The van der Waals surface area contributed by atoms with E-state index >= 15 is 0 Å². The fourth-order valence-electron chi connectivity index (χ4n) is 0.855. The third-order valence-electron chi connectivity index (χ3n) is 1.48. The van der Waals surface area contributed by atoms with E-state index in [9.17, 15) is 4.39 Å². The SMILES string of the molecule is Cc1cccc(C(=N)N)c1F. The molecule has 0 atom stereocenters. The number of nitrogen functional groups attached to an aromatic ring is 1. The number of nitrogens with one attached hydrogen (secondary N) is 1. The first-order valence-electron chi connectivity index (χ1n) is 3.22. The van der Waals surface area contributed by atoms with Crippen LogP contribution in [0, 0.1) is 18.2 Å². The van der Waals surface area contributed by atoms with Crippen LogP contribution in [0.3, 0.4) is 0 Å². The Morgan fingerprint density at radius 3 is 2.64 bits per heavy atom. The second-order valence-corrected chi connectivity index (χ2v) is 2.35. The Morgan fingerprint density at radius 1 is 1.55 bits per heavy atom. The minimum Gasteiger partial charge on any atom is -0.384 e.